The lowest BCUT2D eigenvalue weighted by Crippen LogP contribution is -2.30. The molecule has 0 aliphatic rings. The number of hydrogen-bond donors (Lipinski definition) is 1. The van der Waals surface area contributed by atoms with E-state index in [9.17, 15) is 13.2 Å². The summed E-state index contributed by atoms with van der Waals surface area (Å²) >= 11 is 0. The molecule has 1 atom stereocenters. The zero-order chi connectivity index (χ0) is 20.7. The molecule has 0 aliphatic heterocycles. The van der Waals surface area contributed by atoms with E-state index < -0.39 is 10.0 Å². The Balaban J connectivity index is 2.15. The number of nitrogens with zero attached hydrogens (tertiary/aromatic N) is 1. The van der Waals surface area contributed by atoms with Gasteiger partial charge < -0.3 is 10.1 Å². The Morgan fingerprint density at radius 3 is 2.21 bits per heavy atom. The Bertz CT molecular complexity index is 891. The first-order chi connectivity index (χ1) is 13.3. The summed E-state index contributed by atoms with van der Waals surface area (Å²) in [6.45, 7) is 8.67. The average Bonchev–Trinajstić information content (AvgIpc) is 2.69. The molecule has 0 saturated heterocycles. The van der Waals surface area contributed by atoms with E-state index in [0.29, 0.717) is 31.0 Å². The van der Waals surface area contributed by atoms with Crippen LogP contribution < -0.4 is 10.1 Å². The van der Waals surface area contributed by atoms with E-state index in [4.69, 9.17) is 4.74 Å². The highest BCUT2D eigenvalue weighted by Crippen LogP contribution is 2.22. The van der Waals surface area contributed by atoms with E-state index in [1.54, 1.807) is 42.5 Å². The largest absolute Gasteiger partial charge is 0.493 e. The minimum absolute atomic E-state index is 0.239. The van der Waals surface area contributed by atoms with Gasteiger partial charge in [0.25, 0.3) is 5.91 Å². The Morgan fingerprint density at radius 2 is 1.64 bits per heavy atom. The van der Waals surface area contributed by atoms with Crippen LogP contribution in [0.2, 0.25) is 0 Å². The van der Waals surface area contributed by atoms with E-state index in [1.807, 2.05) is 33.8 Å². The van der Waals surface area contributed by atoms with Crippen LogP contribution in [0.5, 0.6) is 5.75 Å². The Labute approximate surface area is 167 Å². The summed E-state index contributed by atoms with van der Waals surface area (Å²) in [7, 11) is -3.49. The standard InChI is InChI=1S/C21H28N2O4S/c1-5-23(6-2)28(25,26)18-14-12-17(13-15-18)16(4)22-21(24)19-10-8-9-11-20(19)27-7-3/h8-16H,5-7H2,1-4H3,(H,22,24). The lowest BCUT2D eigenvalue weighted by molar-refractivity contribution is 0.0936. The van der Waals surface area contributed by atoms with Gasteiger partial charge in [-0.3, -0.25) is 4.79 Å². The normalized spacial score (nSPS) is 12.6. The maximum absolute atomic E-state index is 12.6. The number of rotatable bonds is 9. The number of carbonyl (C=O) groups excluding carboxylic acids is 1. The maximum Gasteiger partial charge on any atom is 0.255 e. The van der Waals surface area contributed by atoms with Crippen molar-refractivity contribution in [3.63, 3.8) is 0 Å². The van der Waals surface area contributed by atoms with Gasteiger partial charge >= 0.3 is 0 Å². The van der Waals surface area contributed by atoms with Crippen LogP contribution in [0.15, 0.2) is 53.4 Å². The Hall–Kier alpha value is -2.38. The van der Waals surface area contributed by atoms with Gasteiger partial charge in [-0.1, -0.05) is 38.1 Å². The van der Waals surface area contributed by atoms with E-state index in [-0.39, 0.29) is 16.8 Å². The molecular formula is C21H28N2O4S. The molecule has 2 aromatic rings. The summed E-state index contributed by atoms with van der Waals surface area (Å²) in [6, 6.07) is 13.4. The molecule has 0 heterocycles. The number of carbonyl (C=O) groups is 1. The molecular weight excluding hydrogens is 376 g/mol. The SMILES string of the molecule is CCOc1ccccc1C(=O)NC(C)c1ccc(S(=O)(=O)N(CC)CC)cc1. The van der Waals surface area contributed by atoms with Crippen molar-refractivity contribution in [2.24, 2.45) is 0 Å². The Morgan fingerprint density at radius 1 is 1.04 bits per heavy atom. The second kappa shape index (κ2) is 9.71. The number of sulfonamides is 1. The second-order valence-electron chi connectivity index (χ2n) is 6.28. The van der Waals surface area contributed by atoms with E-state index in [1.165, 1.54) is 4.31 Å². The highest BCUT2D eigenvalue weighted by atomic mass is 32.2. The molecule has 2 aromatic carbocycles. The molecule has 2 rings (SSSR count). The van der Waals surface area contributed by atoms with Crippen molar-refractivity contribution in [1.82, 2.24) is 9.62 Å². The fourth-order valence-corrected chi connectivity index (χ4v) is 4.39. The van der Waals surface area contributed by atoms with Crippen molar-refractivity contribution in [2.75, 3.05) is 19.7 Å². The van der Waals surface area contributed by atoms with Crippen LogP contribution in [-0.4, -0.2) is 38.3 Å². The average molecular weight is 405 g/mol. The van der Waals surface area contributed by atoms with E-state index >= 15 is 0 Å². The summed E-state index contributed by atoms with van der Waals surface area (Å²) in [4.78, 5) is 12.9. The molecule has 6 nitrogen and oxygen atoms in total. The molecule has 0 spiro atoms. The van der Waals surface area contributed by atoms with Gasteiger partial charge in [0.2, 0.25) is 10.0 Å². The molecule has 0 aliphatic carbocycles. The quantitative estimate of drug-likeness (QED) is 0.693. The van der Waals surface area contributed by atoms with Crippen LogP contribution in [0.1, 0.15) is 49.7 Å². The van der Waals surface area contributed by atoms with Crippen molar-refractivity contribution in [3.8, 4) is 5.75 Å². The van der Waals surface area contributed by atoms with Gasteiger partial charge in [0.15, 0.2) is 0 Å². The van der Waals surface area contributed by atoms with Crippen LogP contribution in [0.25, 0.3) is 0 Å². The number of nitrogens with one attached hydrogen (secondary N) is 1. The number of ether oxygens (including phenoxy) is 1. The molecule has 1 N–H and O–H groups in total. The van der Waals surface area contributed by atoms with Gasteiger partial charge in [-0.25, -0.2) is 8.42 Å². The van der Waals surface area contributed by atoms with Gasteiger partial charge in [0.05, 0.1) is 23.1 Å². The van der Waals surface area contributed by atoms with Crippen LogP contribution >= 0.6 is 0 Å². The van der Waals surface area contributed by atoms with Gasteiger partial charge in [0, 0.05) is 13.1 Å². The number of amides is 1. The van der Waals surface area contributed by atoms with Crippen LogP contribution in [0, 0.1) is 0 Å². The zero-order valence-corrected chi connectivity index (χ0v) is 17.6. The summed E-state index contributed by atoms with van der Waals surface area (Å²) in [5, 5.41) is 2.94. The second-order valence-corrected chi connectivity index (χ2v) is 8.22. The molecule has 1 amide bonds. The van der Waals surface area contributed by atoms with Crippen molar-refractivity contribution >= 4 is 15.9 Å². The van der Waals surface area contributed by atoms with Gasteiger partial charge in [-0.05, 0) is 43.7 Å². The number of para-hydroxylation sites is 1. The highest BCUT2D eigenvalue weighted by Gasteiger charge is 2.22. The lowest BCUT2D eigenvalue weighted by Gasteiger charge is -2.19. The van der Waals surface area contributed by atoms with Crippen LogP contribution in [0.4, 0.5) is 0 Å². The Kier molecular flexibility index (Phi) is 7.60. The summed E-state index contributed by atoms with van der Waals surface area (Å²) in [6.07, 6.45) is 0. The van der Waals surface area contributed by atoms with Crippen molar-refractivity contribution < 1.29 is 17.9 Å². The van der Waals surface area contributed by atoms with Crippen LogP contribution in [0.3, 0.4) is 0 Å². The predicted octanol–water partition coefficient (Wildman–Crippen LogP) is 3.61. The van der Waals surface area contributed by atoms with Gasteiger partial charge in [0.1, 0.15) is 5.75 Å². The number of benzene rings is 2. The third-order valence-corrected chi connectivity index (χ3v) is 6.57. The fraction of sp³-hybridized carbons (Fsp3) is 0.381. The van der Waals surface area contributed by atoms with Gasteiger partial charge in [-0.15, -0.1) is 0 Å². The molecule has 0 aromatic heterocycles. The molecule has 28 heavy (non-hydrogen) atoms. The molecule has 0 fully saturated rings. The third-order valence-electron chi connectivity index (χ3n) is 4.50. The first-order valence-corrected chi connectivity index (χ1v) is 10.9. The van der Waals surface area contributed by atoms with E-state index in [0.717, 1.165) is 5.56 Å². The summed E-state index contributed by atoms with van der Waals surface area (Å²) < 4.78 is 32.1. The first kappa shape index (κ1) is 21.9. The molecule has 1 unspecified atom stereocenters. The molecule has 152 valence electrons. The minimum atomic E-state index is -3.49. The topological polar surface area (TPSA) is 75.7 Å². The maximum atomic E-state index is 12.6. The molecule has 7 heteroatoms. The van der Waals surface area contributed by atoms with Crippen LogP contribution in [-0.2, 0) is 10.0 Å². The third kappa shape index (κ3) is 4.91. The number of hydrogen-bond acceptors (Lipinski definition) is 4. The van der Waals surface area contributed by atoms with Gasteiger partial charge in [-0.2, -0.15) is 4.31 Å². The molecule has 0 bridgehead atoms. The molecule has 0 radical (unpaired) electrons. The predicted molar refractivity (Wildman–Crippen MR) is 110 cm³/mol. The van der Waals surface area contributed by atoms with Crippen molar-refractivity contribution in [2.45, 2.75) is 38.6 Å². The smallest absolute Gasteiger partial charge is 0.255 e. The van der Waals surface area contributed by atoms with Crippen molar-refractivity contribution in [1.29, 1.82) is 0 Å². The molecule has 0 saturated carbocycles. The fourth-order valence-electron chi connectivity index (χ4n) is 2.93. The van der Waals surface area contributed by atoms with E-state index in [2.05, 4.69) is 5.32 Å². The first-order valence-electron chi connectivity index (χ1n) is 9.47. The van der Waals surface area contributed by atoms with Crippen molar-refractivity contribution in [3.05, 3.63) is 59.7 Å². The summed E-state index contributed by atoms with van der Waals surface area (Å²) in [5.74, 6) is 0.298. The lowest BCUT2D eigenvalue weighted by atomic mass is 10.1. The zero-order valence-electron chi connectivity index (χ0n) is 16.8. The summed E-state index contributed by atoms with van der Waals surface area (Å²) in [5.41, 5.74) is 1.29. The minimum Gasteiger partial charge on any atom is -0.493 e. The highest BCUT2D eigenvalue weighted by molar-refractivity contribution is 7.89. The monoisotopic (exact) mass is 404 g/mol.